The minimum atomic E-state index is -4.66. The molecule has 2 N–H and O–H groups in total. The summed E-state index contributed by atoms with van der Waals surface area (Å²) in [5.41, 5.74) is 8.42. The number of anilines is 1. The Hall–Kier alpha value is -1.92. The second kappa shape index (κ2) is 8.08. The highest BCUT2D eigenvalue weighted by molar-refractivity contribution is 5.85. The Balaban J connectivity index is 0.00000264. The molecule has 2 aromatic carbocycles. The van der Waals surface area contributed by atoms with E-state index in [1.54, 1.807) is 12.1 Å². The van der Waals surface area contributed by atoms with E-state index in [0.29, 0.717) is 18.8 Å². The number of hydrogen-bond acceptors (Lipinski definition) is 3. The maximum absolute atomic E-state index is 12.1. The average Bonchev–Trinajstić information content (AvgIpc) is 2.39. The average molecular weight is 347 g/mol. The van der Waals surface area contributed by atoms with Gasteiger partial charge in [0.15, 0.2) is 0 Å². The summed E-state index contributed by atoms with van der Waals surface area (Å²) in [4.78, 5) is 2.05. The van der Waals surface area contributed by atoms with E-state index in [9.17, 15) is 13.2 Å². The molecule has 0 saturated carbocycles. The number of halogens is 4. The lowest BCUT2D eigenvalue weighted by Crippen LogP contribution is -2.18. The van der Waals surface area contributed by atoms with Crippen LogP contribution >= 0.6 is 12.4 Å². The fourth-order valence-electron chi connectivity index (χ4n) is 2.17. The summed E-state index contributed by atoms with van der Waals surface area (Å²) in [6, 6.07) is 13.5. The molecule has 0 spiro atoms. The van der Waals surface area contributed by atoms with E-state index < -0.39 is 6.36 Å². The minimum Gasteiger partial charge on any atom is -0.406 e. The largest absolute Gasteiger partial charge is 0.573 e. The molecule has 0 aliphatic rings. The van der Waals surface area contributed by atoms with E-state index in [1.165, 1.54) is 12.1 Å². The predicted octanol–water partition coefficient (Wildman–Crippen LogP) is 4.22. The zero-order chi connectivity index (χ0) is 16.2. The van der Waals surface area contributed by atoms with Gasteiger partial charge in [0.25, 0.3) is 0 Å². The van der Waals surface area contributed by atoms with E-state index in [1.807, 2.05) is 36.2 Å². The van der Waals surface area contributed by atoms with E-state index in [4.69, 9.17) is 5.73 Å². The van der Waals surface area contributed by atoms with Crippen molar-refractivity contribution in [2.75, 3.05) is 12.8 Å². The Morgan fingerprint density at radius 2 is 1.61 bits per heavy atom. The fraction of sp³-hybridized carbons (Fsp3) is 0.250. The Kier molecular flexibility index (Phi) is 6.72. The lowest BCUT2D eigenvalue weighted by molar-refractivity contribution is -0.274. The van der Waals surface area contributed by atoms with Gasteiger partial charge in [0.05, 0.1) is 0 Å². The van der Waals surface area contributed by atoms with Crippen LogP contribution in [0.25, 0.3) is 0 Å². The van der Waals surface area contributed by atoms with Crippen LogP contribution < -0.4 is 10.5 Å². The van der Waals surface area contributed by atoms with E-state index in [-0.39, 0.29) is 18.2 Å². The first-order chi connectivity index (χ1) is 10.3. The zero-order valence-corrected chi connectivity index (χ0v) is 13.3. The van der Waals surface area contributed by atoms with Crippen LogP contribution in [-0.2, 0) is 13.1 Å². The first-order valence-corrected chi connectivity index (χ1v) is 6.69. The van der Waals surface area contributed by atoms with Crippen LogP contribution in [0, 0.1) is 0 Å². The van der Waals surface area contributed by atoms with Gasteiger partial charge >= 0.3 is 6.36 Å². The highest BCUT2D eigenvalue weighted by Crippen LogP contribution is 2.23. The molecule has 3 nitrogen and oxygen atoms in total. The molecule has 0 radical (unpaired) electrons. The fourth-order valence-corrected chi connectivity index (χ4v) is 2.17. The van der Waals surface area contributed by atoms with Crippen LogP contribution in [0.4, 0.5) is 18.9 Å². The summed E-state index contributed by atoms with van der Waals surface area (Å²) in [5, 5.41) is 0. The van der Waals surface area contributed by atoms with Crippen LogP contribution in [-0.4, -0.2) is 18.3 Å². The number of ether oxygens (including phenoxy) is 1. The van der Waals surface area contributed by atoms with E-state index >= 15 is 0 Å². The van der Waals surface area contributed by atoms with Crippen molar-refractivity contribution in [3.8, 4) is 5.75 Å². The highest BCUT2D eigenvalue weighted by atomic mass is 35.5. The molecule has 0 atom stereocenters. The number of benzene rings is 2. The van der Waals surface area contributed by atoms with Crippen molar-refractivity contribution in [1.29, 1.82) is 0 Å². The van der Waals surface area contributed by atoms with Crippen LogP contribution in [0.5, 0.6) is 5.75 Å². The van der Waals surface area contributed by atoms with Crippen molar-refractivity contribution in [1.82, 2.24) is 4.90 Å². The van der Waals surface area contributed by atoms with Crippen molar-refractivity contribution in [3.05, 3.63) is 59.7 Å². The second-order valence-corrected chi connectivity index (χ2v) is 5.11. The number of nitrogens with two attached hydrogens (primary N) is 1. The third-order valence-corrected chi connectivity index (χ3v) is 3.01. The Morgan fingerprint density at radius 1 is 1.00 bits per heavy atom. The first-order valence-electron chi connectivity index (χ1n) is 6.69. The molecular weight excluding hydrogens is 329 g/mol. The summed E-state index contributed by atoms with van der Waals surface area (Å²) in [6.45, 7) is 1.31. The van der Waals surface area contributed by atoms with E-state index in [0.717, 1.165) is 11.1 Å². The van der Waals surface area contributed by atoms with Gasteiger partial charge in [-0.3, -0.25) is 4.90 Å². The van der Waals surface area contributed by atoms with Crippen LogP contribution in [0.1, 0.15) is 11.1 Å². The second-order valence-electron chi connectivity index (χ2n) is 5.11. The summed E-state index contributed by atoms with van der Waals surface area (Å²) in [6.07, 6.45) is -4.66. The molecule has 0 fully saturated rings. The standard InChI is InChI=1S/C16H17F3N2O.ClH/c1-21(11-13-3-2-4-14(20)9-13)10-12-5-7-15(8-6-12)22-16(17,18)19;/h2-9H,10-11,20H2,1H3;1H. The van der Waals surface area contributed by atoms with Gasteiger partial charge in [-0.2, -0.15) is 0 Å². The molecule has 0 bridgehead atoms. The van der Waals surface area contributed by atoms with Crippen LogP contribution in [0.15, 0.2) is 48.5 Å². The molecule has 2 rings (SSSR count). The van der Waals surface area contributed by atoms with Crippen molar-refractivity contribution in [2.24, 2.45) is 0 Å². The molecule has 2 aromatic rings. The van der Waals surface area contributed by atoms with E-state index in [2.05, 4.69) is 4.74 Å². The Labute approximate surface area is 139 Å². The van der Waals surface area contributed by atoms with Gasteiger partial charge in [0, 0.05) is 18.8 Å². The number of nitrogens with zero attached hydrogens (tertiary/aromatic N) is 1. The molecule has 7 heteroatoms. The quantitative estimate of drug-likeness (QED) is 0.824. The molecule has 0 amide bonds. The molecule has 0 aliphatic heterocycles. The number of rotatable bonds is 5. The van der Waals surface area contributed by atoms with Crippen molar-refractivity contribution in [3.63, 3.8) is 0 Å². The molecule has 0 aliphatic carbocycles. The maximum atomic E-state index is 12.1. The maximum Gasteiger partial charge on any atom is 0.573 e. The van der Waals surface area contributed by atoms with Gasteiger partial charge < -0.3 is 10.5 Å². The number of hydrogen-bond donors (Lipinski definition) is 1. The number of nitrogen functional groups attached to an aromatic ring is 1. The van der Waals surface area contributed by atoms with Crippen LogP contribution in [0.2, 0.25) is 0 Å². The monoisotopic (exact) mass is 346 g/mol. The third-order valence-electron chi connectivity index (χ3n) is 3.01. The van der Waals surface area contributed by atoms with Crippen LogP contribution in [0.3, 0.4) is 0 Å². The zero-order valence-electron chi connectivity index (χ0n) is 12.5. The molecule has 0 heterocycles. The topological polar surface area (TPSA) is 38.5 Å². The van der Waals surface area contributed by atoms with Gasteiger partial charge in [-0.15, -0.1) is 25.6 Å². The van der Waals surface area contributed by atoms with Gasteiger partial charge in [0.2, 0.25) is 0 Å². The Bertz CT molecular complexity index is 617. The van der Waals surface area contributed by atoms with Gasteiger partial charge in [-0.25, -0.2) is 0 Å². The molecule has 0 saturated heterocycles. The van der Waals surface area contributed by atoms with Gasteiger partial charge in [-0.1, -0.05) is 24.3 Å². The normalized spacial score (nSPS) is 11.2. The molecule has 0 aromatic heterocycles. The van der Waals surface area contributed by atoms with Crippen molar-refractivity contribution in [2.45, 2.75) is 19.5 Å². The summed E-state index contributed by atoms with van der Waals surface area (Å²) >= 11 is 0. The summed E-state index contributed by atoms with van der Waals surface area (Å²) in [5.74, 6) is -0.213. The van der Waals surface area contributed by atoms with Gasteiger partial charge in [-0.05, 0) is 42.4 Å². The molecule has 23 heavy (non-hydrogen) atoms. The smallest absolute Gasteiger partial charge is 0.406 e. The molecule has 126 valence electrons. The Morgan fingerprint density at radius 3 is 2.17 bits per heavy atom. The predicted molar refractivity (Wildman–Crippen MR) is 86.4 cm³/mol. The summed E-state index contributed by atoms with van der Waals surface area (Å²) < 4.78 is 40.1. The first kappa shape index (κ1) is 19.1. The number of alkyl halides is 3. The lowest BCUT2D eigenvalue weighted by atomic mass is 10.1. The summed E-state index contributed by atoms with van der Waals surface area (Å²) in [7, 11) is 1.93. The van der Waals surface area contributed by atoms with Crippen molar-refractivity contribution < 1.29 is 17.9 Å². The van der Waals surface area contributed by atoms with Crippen molar-refractivity contribution >= 4 is 18.1 Å². The third kappa shape index (κ3) is 6.80. The molecular formula is C16H18ClF3N2O. The highest BCUT2D eigenvalue weighted by Gasteiger charge is 2.30. The SMILES string of the molecule is CN(Cc1ccc(OC(F)(F)F)cc1)Cc1cccc(N)c1.Cl. The lowest BCUT2D eigenvalue weighted by Gasteiger charge is -2.17. The van der Waals surface area contributed by atoms with Gasteiger partial charge in [0.1, 0.15) is 5.75 Å². The molecule has 0 unspecified atom stereocenters. The minimum absolute atomic E-state index is 0.